The van der Waals surface area contributed by atoms with Crippen LogP contribution in [0.25, 0.3) is 12.2 Å². The lowest BCUT2D eigenvalue weighted by Gasteiger charge is -2.14. The number of hydrogen-bond donors (Lipinski definition) is 0. The second-order valence-corrected chi connectivity index (χ2v) is 8.49. The summed E-state index contributed by atoms with van der Waals surface area (Å²) in [6, 6.07) is 17.4. The molecule has 2 aliphatic heterocycles. The van der Waals surface area contributed by atoms with Gasteiger partial charge >= 0.3 is 0 Å². The van der Waals surface area contributed by atoms with Crippen LogP contribution in [-0.4, -0.2) is 49.1 Å². The number of rotatable bonds is 8. The Bertz CT molecular complexity index is 765. The van der Waals surface area contributed by atoms with Gasteiger partial charge in [0.1, 0.15) is 0 Å². The van der Waals surface area contributed by atoms with Crippen molar-refractivity contribution >= 4 is 12.2 Å². The average Bonchev–Trinajstić information content (AvgIpc) is 3.51. The number of benzene rings is 2. The van der Waals surface area contributed by atoms with E-state index in [0.717, 1.165) is 0 Å². The van der Waals surface area contributed by atoms with Gasteiger partial charge in [-0.1, -0.05) is 73.8 Å². The minimum atomic E-state index is 1.17. The quantitative estimate of drug-likeness (QED) is 0.539. The fourth-order valence-electron chi connectivity index (χ4n) is 4.28. The zero-order valence-electron chi connectivity index (χ0n) is 18.6. The molecule has 0 aromatic heterocycles. The molecule has 0 radical (unpaired) electrons. The zero-order chi connectivity index (χ0) is 21.0. The summed E-state index contributed by atoms with van der Waals surface area (Å²) in [7, 11) is 0. The van der Waals surface area contributed by atoms with Crippen LogP contribution in [0, 0.1) is 0 Å². The average molecular weight is 403 g/mol. The third kappa shape index (κ3) is 7.59. The van der Waals surface area contributed by atoms with Crippen LogP contribution in [0.5, 0.6) is 0 Å². The molecular weight excluding hydrogens is 364 g/mol. The number of likely N-dealkylation sites (tertiary alicyclic amines) is 2. The molecule has 2 aliphatic rings. The summed E-state index contributed by atoms with van der Waals surface area (Å²) < 4.78 is 0. The van der Waals surface area contributed by atoms with Crippen LogP contribution in [0.2, 0.25) is 0 Å². The zero-order valence-corrected chi connectivity index (χ0v) is 18.6. The van der Waals surface area contributed by atoms with Gasteiger partial charge in [0.25, 0.3) is 0 Å². The van der Waals surface area contributed by atoms with Crippen LogP contribution in [0.3, 0.4) is 0 Å². The minimum Gasteiger partial charge on any atom is -0.303 e. The van der Waals surface area contributed by atoms with E-state index in [4.69, 9.17) is 0 Å². The van der Waals surface area contributed by atoms with Crippen molar-refractivity contribution in [1.82, 2.24) is 9.80 Å². The van der Waals surface area contributed by atoms with E-state index >= 15 is 0 Å². The Kier molecular flexibility index (Phi) is 9.40. The topological polar surface area (TPSA) is 6.48 Å². The van der Waals surface area contributed by atoms with Crippen molar-refractivity contribution in [2.75, 3.05) is 39.3 Å². The second-order valence-electron chi connectivity index (χ2n) is 8.49. The lowest BCUT2D eigenvalue weighted by atomic mass is 10.1. The van der Waals surface area contributed by atoms with E-state index in [1.165, 1.54) is 100 Å². The van der Waals surface area contributed by atoms with Crippen LogP contribution < -0.4 is 0 Å². The molecule has 2 heterocycles. The SMILES string of the molecule is C=Cc1ccc(CCN2CCCC2)cc1.C=Cc1cccc(CCN2CCCC2)c1. The van der Waals surface area contributed by atoms with Crippen molar-refractivity contribution in [3.8, 4) is 0 Å². The Labute approximate surface area is 183 Å². The standard InChI is InChI=1S/2C14H19N/c1-2-13-5-7-14(8-6-13)9-12-15-10-3-4-11-15;1-2-13-6-5-7-14(12-13)8-11-15-9-3-4-10-15/h2,5-8H,1,3-4,9-12H2;2,5-7,12H,1,3-4,8-11H2. The molecule has 30 heavy (non-hydrogen) atoms. The summed E-state index contributed by atoms with van der Waals surface area (Å²) in [5.41, 5.74) is 5.31. The second kappa shape index (κ2) is 12.5. The maximum atomic E-state index is 3.80. The Morgan fingerprint density at radius 3 is 1.70 bits per heavy atom. The highest BCUT2D eigenvalue weighted by atomic mass is 15.1. The van der Waals surface area contributed by atoms with Crippen molar-refractivity contribution < 1.29 is 0 Å². The highest BCUT2D eigenvalue weighted by molar-refractivity contribution is 5.48. The Morgan fingerprint density at radius 2 is 1.17 bits per heavy atom. The van der Waals surface area contributed by atoms with Crippen LogP contribution in [0.4, 0.5) is 0 Å². The van der Waals surface area contributed by atoms with E-state index in [1.807, 2.05) is 12.2 Å². The lowest BCUT2D eigenvalue weighted by Crippen LogP contribution is -2.21. The first kappa shape index (κ1) is 22.5. The van der Waals surface area contributed by atoms with Crippen LogP contribution in [-0.2, 0) is 12.8 Å². The fraction of sp³-hybridized carbons (Fsp3) is 0.429. The van der Waals surface area contributed by atoms with Crippen molar-refractivity contribution in [3.63, 3.8) is 0 Å². The Balaban J connectivity index is 0.000000171. The normalized spacial score (nSPS) is 16.8. The first-order valence-electron chi connectivity index (χ1n) is 11.6. The molecule has 0 atom stereocenters. The highest BCUT2D eigenvalue weighted by Gasteiger charge is 2.11. The summed E-state index contributed by atoms with van der Waals surface area (Å²) in [5.74, 6) is 0. The summed E-state index contributed by atoms with van der Waals surface area (Å²) in [4.78, 5) is 5.11. The Hall–Kier alpha value is -2.16. The van der Waals surface area contributed by atoms with Gasteiger partial charge in [-0.15, -0.1) is 0 Å². The molecule has 2 heteroatoms. The fourth-order valence-corrected chi connectivity index (χ4v) is 4.28. The first-order chi connectivity index (χ1) is 14.8. The van der Waals surface area contributed by atoms with E-state index in [0.29, 0.717) is 0 Å². The van der Waals surface area contributed by atoms with Crippen LogP contribution in [0.15, 0.2) is 61.7 Å². The molecule has 2 aromatic rings. The molecule has 2 fully saturated rings. The van der Waals surface area contributed by atoms with Gasteiger partial charge in [-0.05, 0) is 87.0 Å². The van der Waals surface area contributed by atoms with Gasteiger partial charge < -0.3 is 9.80 Å². The predicted octanol–water partition coefficient (Wildman–Crippen LogP) is 5.94. The maximum absolute atomic E-state index is 3.80. The van der Waals surface area contributed by atoms with Crippen molar-refractivity contribution in [3.05, 3.63) is 83.9 Å². The van der Waals surface area contributed by atoms with E-state index in [-0.39, 0.29) is 0 Å². The number of hydrogen-bond acceptors (Lipinski definition) is 2. The first-order valence-corrected chi connectivity index (χ1v) is 11.6. The predicted molar refractivity (Wildman–Crippen MR) is 132 cm³/mol. The summed E-state index contributed by atoms with van der Waals surface area (Å²) in [6.45, 7) is 15.2. The Morgan fingerprint density at radius 1 is 0.633 bits per heavy atom. The molecule has 4 rings (SSSR count). The number of nitrogens with zero attached hydrogens (tertiary/aromatic N) is 2. The maximum Gasteiger partial charge on any atom is 0.00218 e. The molecule has 0 spiro atoms. The third-order valence-electron chi connectivity index (χ3n) is 6.23. The lowest BCUT2D eigenvalue weighted by molar-refractivity contribution is 0.343. The molecule has 0 bridgehead atoms. The molecule has 2 aromatic carbocycles. The molecule has 0 amide bonds. The molecule has 160 valence electrons. The van der Waals surface area contributed by atoms with E-state index in [1.54, 1.807) is 0 Å². The van der Waals surface area contributed by atoms with Crippen LogP contribution >= 0.6 is 0 Å². The third-order valence-corrected chi connectivity index (χ3v) is 6.23. The summed E-state index contributed by atoms with van der Waals surface area (Å²) >= 11 is 0. The minimum absolute atomic E-state index is 1.17. The van der Waals surface area contributed by atoms with Gasteiger partial charge in [0.05, 0.1) is 0 Å². The van der Waals surface area contributed by atoms with Gasteiger partial charge in [0.2, 0.25) is 0 Å². The van der Waals surface area contributed by atoms with Gasteiger partial charge in [0, 0.05) is 13.1 Å². The van der Waals surface area contributed by atoms with E-state index < -0.39 is 0 Å². The molecule has 0 N–H and O–H groups in total. The molecule has 2 saturated heterocycles. The van der Waals surface area contributed by atoms with Gasteiger partial charge in [-0.25, -0.2) is 0 Å². The largest absolute Gasteiger partial charge is 0.303 e. The van der Waals surface area contributed by atoms with Gasteiger partial charge in [-0.3, -0.25) is 0 Å². The molecule has 0 unspecified atom stereocenters. The van der Waals surface area contributed by atoms with Crippen molar-refractivity contribution in [2.24, 2.45) is 0 Å². The molecule has 0 aliphatic carbocycles. The van der Waals surface area contributed by atoms with Crippen molar-refractivity contribution in [2.45, 2.75) is 38.5 Å². The van der Waals surface area contributed by atoms with Crippen LogP contribution in [0.1, 0.15) is 47.9 Å². The van der Waals surface area contributed by atoms with Gasteiger partial charge in [0.15, 0.2) is 0 Å². The van der Waals surface area contributed by atoms with Crippen molar-refractivity contribution in [1.29, 1.82) is 0 Å². The highest BCUT2D eigenvalue weighted by Crippen LogP contribution is 2.12. The van der Waals surface area contributed by atoms with E-state index in [2.05, 4.69) is 71.5 Å². The summed E-state index contributed by atoms with van der Waals surface area (Å²) in [6.07, 6.45) is 11.7. The monoisotopic (exact) mass is 402 g/mol. The molecular formula is C28H38N2. The van der Waals surface area contributed by atoms with E-state index in [9.17, 15) is 0 Å². The molecule has 0 saturated carbocycles. The van der Waals surface area contributed by atoms with Gasteiger partial charge in [-0.2, -0.15) is 0 Å². The smallest absolute Gasteiger partial charge is 0.00218 e. The summed E-state index contributed by atoms with van der Waals surface area (Å²) in [5, 5.41) is 0. The molecule has 2 nitrogen and oxygen atoms in total.